The number of benzene rings is 1. The lowest BCUT2D eigenvalue weighted by atomic mass is 10.1. The number of nitrogens with zero attached hydrogens (tertiary/aromatic N) is 2. The molecule has 4 N–H and O–H groups in total. The minimum absolute atomic E-state index is 0.255. The number of nitrogens with two attached hydrogens (primary N) is 1. The fourth-order valence-electron chi connectivity index (χ4n) is 1.57. The SMILES string of the molecule is N=C(Br)c1c(N)cccc1NCc1ccncn1. The Kier molecular flexibility index (Phi) is 3.88. The largest absolute Gasteiger partial charge is 0.398 e. The van der Waals surface area contributed by atoms with Crippen molar-refractivity contribution in [1.29, 1.82) is 5.41 Å². The third-order valence-corrected chi connectivity index (χ3v) is 2.82. The van der Waals surface area contributed by atoms with Crippen molar-refractivity contribution in [3.05, 3.63) is 48.0 Å². The number of nitrogen functional groups attached to an aromatic ring is 1. The molecule has 2 rings (SSSR count). The van der Waals surface area contributed by atoms with Gasteiger partial charge in [-0.1, -0.05) is 6.07 Å². The first-order valence-corrected chi connectivity index (χ1v) is 6.09. The van der Waals surface area contributed by atoms with Crippen molar-refractivity contribution >= 4 is 31.9 Å². The first-order chi connectivity index (χ1) is 8.68. The van der Waals surface area contributed by atoms with Crippen molar-refractivity contribution in [2.24, 2.45) is 0 Å². The van der Waals surface area contributed by atoms with Crippen LogP contribution in [0.25, 0.3) is 0 Å². The summed E-state index contributed by atoms with van der Waals surface area (Å²) in [6.45, 7) is 0.555. The molecule has 1 aromatic carbocycles. The molecule has 0 unspecified atom stereocenters. The van der Waals surface area contributed by atoms with Crippen LogP contribution >= 0.6 is 15.9 Å². The number of nitrogens with one attached hydrogen (secondary N) is 2. The molecule has 6 heteroatoms. The highest BCUT2D eigenvalue weighted by Crippen LogP contribution is 2.24. The lowest BCUT2D eigenvalue weighted by Gasteiger charge is -2.12. The maximum Gasteiger partial charge on any atom is 0.115 e. The third kappa shape index (κ3) is 2.84. The Morgan fingerprint density at radius 3 is 2.89 bits per heavy atom. The quantitative estimate of drug-likeness (QED) is 0.598. The summed E-state index contributed by atoms with van der Waals surface area (Å²) in [6, 6.07) is 7.32. The average molecular weight is 306 g/mol. The van der Waals surface area contributed by atoms with Gasteiger partial charge in [-0.25, -0.2) is 9.97 Å². The predicted octanol–water partition coefficient (Wildman–Crippen LogP) is 2.39. The van der Waals surface area contributed by atoms with Gasteiger partial charge >= 0.3 is 0 Å². The molecule has 0 bridgehead atoms. The fourth-order valence-corrected chi connectivity index (χ4v) is 2.01. The lowest BCUT2D eigenvalue weighted by Crippen LogP contribution is -2.07. The molecule has 0 saturated heterocycles. The highest BCUT2D eigenvalue weighted by atomic mass is 79.9. The van der Waals surface area contributed by atoms with E-state index in [1.54, 1.807) is 12.3 Å². The van der Waals surface area contributed by atoms with Crippen LogP contribution in [0.2, 0.25) is 0 Å². The summed E-state index contributed by atoms with van der Waals surface area (Å²) >= 11 is 3.15. The molecule has 0 aliphatic rings. The Balaban J connectivity index is 2.20. The van der Waals surface area contributed by atoms with E-state index in [4.69, 9.17) is 11.1 Å². The van der Waals surface area contributed by atoms with E-state index >= 15 is 0 Å². The van der Waals surface area contributed by atoms with Gasteiger partial charge in [0.05, 0.1) is 17.8 Å². The molecular weight excluding hydrogens is 294 g/mol. The van der Waals surface area contributed by atoms with Crippen LogP contribution in [-0.4, -0.2) is 14.6 Å². The molecule has 0 amide bonds. The average Bonchev–Trinajstić information content (AvgIpc) is 2.37. The molecule has 2 aromatic rings. The predicted molar refractivity (Wildman–Crippen MR) is 76.0 cm³/mol. The molecule has 0 radical (unpaired) electrons. The Labute approximate surface area is 113 Å². The van der Waals surface area contributed by atoms with Crippen molar-refractivity contribution in [1.82, 2.24) is 9.97 Å². The molecule has 0 atom stereocenters. The smallest absolute Gasteiger partial charge is 0.115 e. The number of rotatable bonds is 4. The second kappa shape index (κ2) is 5.59. The molecule has 0 saturated carbocycles. The van der Waals surface area contributed by atoms with Gasteiger partial charge in [0, 0.05) is 17.6 Å². The van der Waals surface area contributed by atoms with Gasteiger partial charge in [0.15, 0.2) is 0 Å². The Bertz CT molecular complexity index is 556. The zero-order chi connectivity index (χ0) is 13.0. The second-order valence-corrected chi connectivity index (χ2v) is 4.43. The highest BCUT2D eigenvalue weighted by Gasteiger charge is 2.09. The molecule has 1 heterocycles. The fraction of sp³-hybridized carbons (Fsp3) is 0.0833. The number of anilines is 2. The summed E-state index contributed by atoms with van der Waals surface area (Å²) in [5.74, 6) is 0. The van der Waals surface area contributed by atoms with Crippen molar-refractivity contribution < 1.29 is 0 Å². The van der Waals surface area contributed by atoms with Gasteiger partial charge < -0.3 is 11.1 Å². The highest BCUT2D eigenvalue weighted by molar-refractivity contribution is 9.18. The Morgan fingerprint density at radius 1 is 1.39 bits per heavy atom. The van der Waals surface area contributed by atoms with Gasteiger partial charge in [-0.15, -0.1) is 0 Å². The minimum atomic E-state index is 0.255. The van der Waals surface area contributed by atoms with Crippen LogP contribution in [-0.2, 0) is 6.54 Å². The summed E-state index contributed by atoms with van der Waals surface area (Å²) in [5, 5.41) is 10.9. The molecule has 0 aliphatic heterocycles. The maximum atomic E-state index is 7.67. The number of halogens is 1. The van der Waals surface area contributed by atoms with E-state index in [1.807, 2.05) is 18.2 Å². The van der Waals surface area contributed by atoms with Crippen LogP contribution in [0.5, 0.6) is 0 Å². The summed E-state index contributed by atoms with van der Waals surface area (Å²) in [6.07, 6.45) is 3.20. The van der Waals surface area contributed by atoms with Gasteiger partial charge in [0.1, 0.15) is 10.9 Å². The number of aromatic nitrogens is 2. The summed E-state index contributed by atoms with van der Waals surface area (Å²) in [5.41, 5.74) is 8.75. The molecule has 0 spiro atoms. The normalized spacial score (nSPS) is 10.1. The van der Waals surface area contributed by atoms with E-state index in [0.29, 0.717) is 17.8 Å². The van der Waals surface area contributed by atoms with Crippen molar-refractivity contribution in [3.63, 3.8) is 0 Å². The van der Waals surface area contributed by atoms with E-state index in [9.17, 15) is 0 Å². The van der Waals surface area contributed by atoms with Gasteiger partial charge in [0.2, 0.25) is 0 Å². The van der Waals surface area contributed by atoms with E-state index in [-0.39, 0.29) is 4.62 Å². The topological polar surface area (TPSA) is 87.7 Å². The van der Waals surface area contributed by atoms with Crippen LogP contribution in [0.4, 0.5) is 11.4 Å². The van der Waals surface area contributed by atoms with E-state index in [1.165, 1.54) is 6.33 Å². The molecule has 0 fully saturated rings. The van der Waals surface area contributed by atoms with Crippen LogP contribution in [0.1, 0.15) is 11.3 Å². The van der Waals surface area contributed by atoms with Crippen LogP contribution in [0.15, 0.2) is 36.8 Å². The summed E-state index contributed by atoms with van der Waals surface area (Å²) in [4.78, 5) is 7.98. The molecular formula is C12H12BrN5. The van der Waals surface area contributed by atoms with Gasteiger partial charge in [-0.3, -0.25) is 5.41 Å². The van der Waals surface area contributed by atoms with E-state index < -0.39 is 0 Å². The second-order valence-electron chi connectivity index (χ2n) is 3.64. The summed E-state index contributed by atoms with van der Waals surface area (Å²) in [7, 11) is 0. The lowest BCUT2D eigenvalue weighted by molar-refractivity contribution is 1.01. The number of hydrogen-bond donors (Lipinski definition) is 3. The monoisotopic (exact) mass is 305 g/mol. The molecule has 0 aliphatic carbocycles. The van der Waals surface area contributed by atoms with Crippen molar-refractivity contribution in [2.45, 2.75) is 6.54 Å². The molecule has 1 aromatic heterocycles. The minimum Gasteiger partial charge on any atom is -0.398 e. The molecule has 18 heavy (non-hydrogen) atoms. The molecule has 5 nitrogen and oxygen atoms in total. The molecule has 92 valence electrons. The first kappa shape index (κ1) is 12.5. The Hall–Kier alpha value is -1.95. The third-order valence-electron chi connectivity index (χ3n) is 2.42. The van der Waals surface area contributed by atoms with Crippen molar-refractivity contribution in [3.8, 4) is 0 Å². The maximum absolute atomic E-state index is 7.67. The van der Waals surface area contributed by atoms with Gasteiger partial charge in [0.25, 0.3) is 0 Å². The number of hydrogen-bond acceptors (Lipinski definition) is 5. The van der Waals surface area contributed by atoms with Crippen LogP contribution < -0.4 is 11.1 Å². The van der Waals surface area contributed by atoms with Crippen LogP contribution in [0, 0.1) is 5.41 Å². The van der Waals surface area contributed by atoms with Gasteiger partial charge in [-0.05, 0) is 34.1 Å². The zero-order valence-electron chi connectivity index (χ0n) is 9.52. The zero-order valence-corrected chi connectivity index (χ0v) is 11.1. The standard InChI is InChI=1S/C12H12BrN5/c13-12(15)11-9(14)2-1-3-10(11)17-6-8-4-5-16-7-18-8/h1-5,7,15,17H,6,14H2. The summed E-state index contributed by atoms with van der Waals surface area (Å²) < 4.78 is 0.255. The Morgan fingerprint density at radius 2 is 2.22 bits per heavy atom. The van der Waals surface area contributed by atoms with E-state index in [0.717, 1.165) is 11.4 Å². The van der Waals surface area contributed by atoms with Crippen LogP contribution in [0.3, 0.4) is 0 Å². The van der Waals surface area contributed by atoms with Crippen molar-refractivity contribution in [2.75, 3.05) is 11.1 Å². The first-order valence-electron chi connectivity index (χ1n) is 5.30. The van der Waals surface area contributed by atoms with E-state index in [2.05, 4.69) is 31.2 Å². The van der Waals surface area contributed by atoms with Gasteiger partial charge in [-0.2, -0.15) is 0 Å².